The molecule has 0 amide bonds. The summed E-state index contributed by atoms with van der Waals surface area (Å²) in [6, 6.07) is 14.5. The molecular weight excluding hydrogens is 508 g/mol. The van der Waals surface area contributed by atoms with Crippen molar-refractivity contribution in [1.82, 2.24) is 15.0 Å². The molecule has 2 aromatic heterocycles. The van der Waals surface area contributed by atoms with Gasteiger partial charge in [0.05, 0.1) is 10.5 Å². The van der Waals surface area contributed by atoms with Gasteiger partial charge in [-0.1, -0.05) is 30.7 Å². The fraction of sp³-hybridized carbons (Fsp3) is 0.296. The summed E-state index contributed by atoms with van der Waals surface area (Å²) in [5.74, 6) is 0.857. The van der Waals surface area contributed by atoms with Crippen molar-refractivity contribution < 1.29 is 8.42 Å². The molecule has 0 radical (unpaired) electrons. The summed E-state index contributed by atoms with van der Waals surface area (Å²) in [5.41, 5.74) is 9.88. The molecule has 1 aliphatic carbocycles. The van der Waals surface area contributed by atoms with Crippen molar-refractivity contribution in [2.75, 3.05) is 10.0 Å². The van der Waals surface area contributed by atoms with Gasteiger partial charge in [0, 0.05) is 35.4 Å². The van der Waals surface area contributed by atoms with E-state index in [4.69, 9.17) is 22.3 Å². The van der Waals surface area contributed by atoms with Crippen LogP contribution in [0.15, 0.2) is 65.8 Å². The first-order valence-electron chi connectivity index (χ1n) is 12.4. The molecule has 0 bridgehead atoms. The van der Waals surface area contributed by atoms with E-state index in [0.717, 1.165) is 59.7 Å². The average molecular weight is 537 g/mol. The maximum Gasteiger partial charge on any atom is 0.264 e. The number of rotatable bonds is 7. The van der Waals surface area contributed by atoms with Crippen LogP contribution in [0.25, 0.3) is 22.0 Å². The van der Waals surface area contributed by atoms with Gasteiger partial charge in [0.15, 0.2) is 0 Å². The predicted octanol–water partition coefficient (Wildman–Crippen LogP) is 5.39. The smallest absolute Gasteiger partial charge is 0.264 e. The molecule has 10 heteroatoms. The summed E-state index contributed by atoms with van der Waals surface area (Å²) >= 11 is 6.06. The lowest BCUT2D eigenvalue weighted by molar-refractivity contribution is 0.410. The Morgan fingerprint density at radius 2 is 1.78 bits per heavy atom. The number of aryl methyl sites for hydroxylation is 1. The number of halogens is 1. The zero-order valence-electron chi connectivity index (χ0n) is 20.5. The Bertz CT molecular complexity index is 1520. The number of anilines is 2. The van der Waals surface area contributed by atoms with E-state index in [9.17, 15) is 8.42 Å². The second kappa shape index (κ2) is 10.6. The Kier molecular flexibility index (Phi) is 7.28. The number of pyridine rings is 1. The third-order valence-electron chi connectivity index (χ3n) is 6.71. The number of nitrogens with two attached hydrogens (primary N) is 1. The number of hydrogen-bond acceptors (Lipinski definition) is 7. The Morgan fingerprint density at radius 3 is 2.49 bits per heavy atom. The van der Waals surface area contributed by atoms with Crippen molar-refractivity contribution in [1.29, 1.82) is 0 Å². The molecule has 2 aromatic carbocycles. The van der Waals surface area contributed by atoms with Gasteiger partial charge in [0.1, 0.15) is 10.7 Å². The van der Waals surface area contributed by atoms with Gasteiger partial charge >= 0.3 is 0 Å². The third-order valence-corrected chi connectivity index (χ3v) is 8.56. The highest BCUT2D eigenvalue weighted by Crippen LogP contribution is 2.29. The minimum Gasteiger partial charge on any atom is -0.351 e. The largest absolute Gasteiger partial charge is 0.351 e. The molecule has 37 heavy (non-hydrogen) atoms. The SMILES string of the molecule is CCc1cc(-c2ccc(NS(=O)(=O)c3ccccc3Cl)nc2)cc2cnc(NC3CCC(N)CC3)nc12. The normalized spacial score (nSPS) is 18.0. The van der Waals surface area contributed by atoms with E-state index in [1.807, 2.05) is 18.3 Å². The van der Waals surface area contributed by atoms with Gasteiger partial charge in [-0.25, -0.2) is 23.4 Å². The minimum absolute atomic E-state index is 0.00517. The highest BCUT2D eigenvalue weighted by atomic mass is 35.5. The van der Waals surface area contributed by atoms with Crippen LogP contribution in [0.2, 0.25) is 5.02 Å². The Hall–Kier alpha value is -3.27. The molecule has 1 aliphatic rings. The van der Waals surface area contributed by atoms with Gasteiger partial charge in [-0.3, -0.25) is 4.72 Å². The summed E-state index contributed by atoms with van der Waals surface area (Å²) in [4.78, 5) is 13.7. The molecule has 8 nitrogen and oxygen atoms in total. The maximum atomic E-state index is 12.7. The number of hydrogen-bond donors (Lipinski definition) is 3. The summed E-state index contributed by atoms with van der Waals surface area (Å²) in [6.45, 7) is 2.10. The van der Waals surface area contributed by atoms with E-state index in [1.54, 1.807) is 24.4 Å². The highest BCUT2D eigenvalue weighted by Gasteiger charge is 2.20. The van der Waals surface area contributed by atoms with Crippen molar-refractivity contribution in [2.24, 2.45) is 5.73 Å². The monoisotopic (exact) mass is 536 g/mol. The molecule has 192 valence electrons. The lowest BCUT2D eigenvalue weighted by atomic mass is 9.92. The van der Waals surface area contributed by atoms with E-state index in [2.05, 4.69) is 33.0 Å². The molecule has 0 saturated heterocycles. The van der Waals surface area contributed by atoms with Gasteiger partial charge in [0.25, 0.3) is 10.0 Å². The van der Waals surface area contributed by atoms with Crippen LogP contribution in [0.5, 0.6) is 0 Å². The van der Waals surface area contributed by atoms with E-state index < -0.39 is 10.0 Å². The van der Waals surface area contributed by atoms with Crippen molar-refractivity contribution in [3.63, 3.8) is 0 Å². The van der Waals surface area contributed by atoms with Crippen LogP contribution in [0, 0.1) is 0 Å². The van der Waals surface area contributed by atoms with Crippen LogP contribution < -0.4 is 15.8 Å². The molecule has 0 unspecified atom stereocenters. The zero-order valence-corrected chi connectivity index (χ0v) is 22.1. The fourth-order valence-electron chi connectivity index (χ4n) is 4.65. The number of benzene rings is 2. The van der Waals surface area contributed by atoms with Crippen LogP contribution in [-0.2, 0) is 16.4 Å². The first kappa shape index (κ1) is 25.4. The molecule has 2 heterocycles. The molecular formula is C27H29ClN6O2S. The Labute approximate surface area is 221 Å². The maximum absolute atomic E-state index is 12.7. The number of nitrogens with one attached hydrogen (secondary N) is 2. The van der Waals surface area contributed by atoms with Gasteiger partial charge in [-0.15, -0.1) is 0 Å². The van der Waals surface area contributed by atoms with Gasteiger partial charge in [0.2, 0.25) is 5.95 Å². The molecule has 0 aliphatic heterocycles. The number of fused-ring (bicyclic) bond motifs is 1. The summed E-state index contributed by atoms with van der Waals surface area (Å²) < 4.78 is 27.9. The average Bonchev–Trinajstić information content (AvgIpc) is 2.90. The fourth-order valence-corrected chi connectivity index (χ4v) is 6.18. The standard InChI is InChI=1S/C27H29ClN6O2S/c1-2-17-13-19(14-20-16-31-27(33-26(17)20)32-22-10-8-21(29)9-11-22)18-7-12-25(30-15-18)34-37(35,36)24-6-4-3-5-23(24)28/h3-7,12-16,21-22H,2,8-11,29H2,1H3,(H,30,34)(H,31,32,33). The second-order valence-corrected chi connectivity index (χ2v) is 11.4. The summed E-state index contributed by atoms with van der Waals surface area (Å²) in [7, 11) is -3.85. The van der Waals surface area contributed by atoms with E-state index >= 15 is 0 Å². The Balaban J connectivity index is 1.37. The van der Waals surface area contributed by atoms with Gasteiger partial charge < -0.3 is 11.1 Å². The van der Waals surface area contributed by atoms with Crippen molar-refractivity contribution in [3.05, 3.63) is 71.5 Å². The van der Waals surface area contributed by atoms with E-state index in [1.165, 1.54) is 12.1 Å². The zero-order chi connectivity index (χ0) is 26.0. The number of sulfonamides is 1. The quantitative estimate of drug-likeness (QED) is 0.289. The summed E-state index contributed by atoms with van der Waals surface area (Å²) in [5, 5.41) is 4.57. The van der Waals surface area contributed by atoms with Crippen molar-refractivity contribution >= 4 is 44.3 Å². The number of aromatic nitrogens is 3. The van der Waals surface area contributed by atoms with Crippen LogP contribution in [0.1, 0.15) is 38.2 Å². The van der Waals surface area contributed by atoms with Crippen LogP contribution in [-0.4, -0.2) is 35.5 Å². The van der Waals surface area contributed by atoms with E-state index in [-0.39, 0.29) is 15.7 Å². The second-order valence-electron chi connectivity index (χ2n) is 9.34. The molecule has 5 rings (SSSR count). The van der Waals surface area contributed by atoms with Crippen LogP contribution >= 0.6 is 11.6 Å². The first-order chi connectivity index (χ1) is 17.8. The number of nitrogens with zero attached hydrogens (tertiary/aromatic N) is 3. The molecule has 0 spiro atoms. The predicted molar refractivity (Wildman–Crippen MR) is 148 cm³/mol. The third kappa shape index (κ3) is 5.69. The lowest BCUT2D eigenvalue weighted by Gasteiger charge is -2.26. The van der Waals surface area contributed by atoms with Crippen LogP contribution in [0.3, 0.4) is 0 Å². The molecule has 4 aromatic rings. The molecule has 1 saturated carbocycles. The van der Waals surface area contributed by atoms with Gasteiger partial charge in [-0.05, 0) is 79.6 Å². The Morgan fingerprint density at radius 1 is 1.00 bits per heavy atom. The van der Waals surface area contributed by atoms with E-state index in [0.29, 0.717) is 18.0 Å². The van der Waals surface area contributed by atoms with Crippen LogP contribution in [0.4, 0.5) is 11.8 Å². The summed E-state index contributed by atoms with van der Waals surface area (Å²) in [6.07, 6.45) is 8.39. The lowest BCUT2D eigenvalue weighted by Crippen LogP contribution is -2.33. The first-order valence-corrected chi connectivity index (χ1v) is 14.2. The minimum atomic E-state index is -3.85. The topological polar surface area (TPSA) is 123 Å². The van der Waals surface area contributed by atoms with Crippen molar-refractivity contribution in [2.45, 2.75) is 56.0 Å². The molecule has 4 N–H and O–H groups in total. The van der Waals surface area contributed by atoms with Crippen molar-refractivity contribution in [3.8, 4) is 11.1 Å². The molecule has 0 atom stereocenters. The van der Waals surface area contributed by atoms with Gasteiger partial charge in [-0.2, -0.15) is 0 Å². The molecule has 1 fully saturated rings. The highest BCUT2D eigenvalue weighted by molar-refractivity contribution is 7.92.